The van der Waals surface area contributed by atoms with Gasteiger partial charge in [-0.2, -0.15) is 0 Å². The standard InChI is InChI=1S/C11H16N2O.ClH/c12-9-1-3-10(4-2-9)14-11-5-7-13-8-6-11;/h1-4,11,13H,5-8,12H2;1H. The molecule has 0 radical (unpaired) electrons. The van der Waals surface area contributed by atoms with Crippen molar-refractivity contribution < 1.29 is 4.74 Å². The van der Waals surface area contributed by atoms with Crippen LogP contribution in [0.2, 0.25) is 0 Å². The van der Waals surface area contributed by atoms with E-state index in [-0.39, 0.29) is 12.4 Å². The Morgan fingerprint density at radius 1 is 1.13 bits per heavy atom. The molecule has 3 nitrogen and oxygen atoms in total. The summed E-state index contributed by atoms with van der Waals surface area (Å²) < 4.78 is 5.81. The molecule has 0 saturated carbocycles. The minimum Gasteiger partial charge on any atom is -0.490 e. The van der Waals surface area contributed by atoms with Crippen LogP contribution in [0.25, 0.3) is 0 Å². The first-order chi connectivity index (χ1) is 6.84. The Hall–Kier alpha value is -0.930. The number of rotatable bonds is 2. The summed E-state index contributed by atoms with van der Waals surface area (Å²) >= 11 is 0. The van der Waals surface area contributed by atoms with E-state index in [1.807, 2.05) is 24.3 Å². The van der Waals surface area contributed by atoms with E-state index in [0.717, 1.165) is 37.4 Å². The second kappa shape index (κ2) is 5.83. The number of anilines is 1. The lowest BCUT2D eigenvalue weighted by atomic mass is 10.1. The molecule has 0 amide bonds. The van der Waals surface area contributed by atoms with Crippen molar-refractivity contribution in [3.05, 3.63) is 24.3 Å². The van der Waals surface area contributed by atoms with Crippen molar-refractivity contribution in [1.82, 2.24) is 5.32 Å². The topological polar surface area (TPSA) is 47.3 Å². The zero-order valence-corrected chi connectivity index (χ0v) is 9.43. The van der Waals surface area contributed by atoms with Crippen LogP contribution in [0.15, 0.2) is 24.3 Å². The summed E-state index contributed by atoms with van der Waals surface area (Å²) in [5.74, 6) is 0.922. The number of hydrogen-bond acceptors (Lipinski definition) is 3. The van der Waals surface area contributed by atoms with Gasteiger partial charge in [0.25, 0.3) is 0 Å². The molecule has 1 aliphatic heterocycles. The van der Waals surface area contributed by atoms with Crippen molar-refractivity contribution in [2.75, 3.05) is 18.8 Å². The van der Waals surface area contributed by atoms with Crippen molar-refractivity contribution in [2.24, 2.45) is 0 Å². The number of benzene rings is 1. The highest BCUT2D eigenvalue weighted by Gasteiger charge is 2.13. The lowest BCUT2D eigenvalue weighted by molar-refractivity contribution is 0.162. The van der Waals surface area contributed by atoms with Gasteiger partial charge in [0.1, 0.15) is 11.9 Å². The molecule has 1 aliphatic rings. The third kappa shape index (κ3) is 3.61. The minimum atomic E-state index is 0. The van der Waals surface area contributed by atoms with E-state index in [0.29, 0.717) is 6.10 Å². The molecule has 0 atom stereocenters. The van der Waals surface area contributed by atoms with Gasteiger partial charge < -0.3 is 15.8 Å². The molecular weight excluding hydrogens is 212 g/mol. The lowest BCUT2D eigenvalue weighted by Gasteiger charge is -2.23. The molecule has 1 heterocycles. The maximum atomic E-state index is 5.81. The molecule has 4 heteroatoms. The first-order valence-electron chi connectivity index (χ1n) is 5.07. The number of nitrogens with one attached hydrogen (secondary N) is 1. The Bertz CT molecular complexity index is 283. The number of ether oxygens (including phenoxy) is 1. The van der Waals surface area contributed by atoms with Crippen LogP contribution in [0.5, 0.6) is 5.75 Å². The van der Waals surface area contributed by atoms with Crippen molar-refractivity contribution >= 4 is 18.1 Å². The fourth-order valence-electron chi connectivity index (χ4n) is 1.65. The van der Waals surface area contributed by atoms with Gasteiger partial charge in [-0.3, -0.25) is 0 Å². The van der Waals surface area contributed by atoms with Crippen LogP contribution in [0.4, 0.5) is 5.69 Å². The summed E-state index contributed by atoms with van der Waals surface area (Å²) in [4.78, 5) is 0. The molecule has 0 aromatic heterocycles. The predicted molar refractivity (Wildman–Crippen MR) is 64.6 cm³/mol. The van der Waals surface area contributed by atoms with Gasteiger partial charge in [0.05, 0.1) is 0 Å². The van der Waals surface area contributed by atoms with E-state index in [4.69, 9.17) is 10.5 Å². The van der Waals surface area contributed by atoms with Crippen LogP contribution in [0.3, 0.4) is 0 Å². The van der Waals surface area contributed by atoms with Gasteiger partial charge in [0.15, 0.2) is 0 Å². The molecule has 1 fully saturated rings. The summed E-state index contributed by atoms with van der Waals surface area (Å²) in [5.41, 5.74) is 6.37. The van der Waals surface area contributed by atoms with Crippen LogP contribution < -0.4 is 15.8 Å². The zero-order valence-electron chi connectivity index (χ0n) is 8.61. The first kappa shape index (κ1) is 12.1. The second-order valence-electron chi connectivity index (χ2n) is 3.64. The molecule has 1 aromatic carbocycles. The van der Waals surface area contributed by atoms with Crippen LogP contribution in [-0.2, 0) is 0 Å². The van der Waals surface area contributed by atoms with Crippen LogP contribution in [0, 0.1) is 0 Å². The fourth-order valence-corrected chi connectivity index (χ4v) is 1.65. The molecule has 2 rings (SSSR count). The molecule has 3 N–H and O–H groups in total. The van der Waals surface area contributed by atoms with Crippen LogP contribution in [-0.4, -0.2) is 19.2 Å². The molecule has 0 bridgehead atoms. The minimum absolute atomic E-state index is 0. The average molecular weight is 229 g/mol. The molecule has 84 valence electrons. The van der Waals surface area contributed by atoms with E-state index in [2.05, 4.69) is 5.32 Å². The van der Waals surface area contributed by atoms with Crippen LogP contribution >= 0.6 is 12.4 Å². The highest BCUT2D eigenvalue weighted by molar-refractivity contribution is 5.85. The molecule has 0 spiro atoms. The maximum absolute atomic E-state index is 5.81. The molecule has 0 unspecified atom stereocenters. The Kier molecular flexibility index (Phi) is 4.72. The largest absolute Gasteiger partial charge is 0.490 e. The van der Waals surface area contributed by atoms with Gasteiger partial charge in [0.2, 0.25) is 0 Å². The Morgan fingerprint density at radius 3 is 2.33 bits per heavy atom. The lowest BCUT2D eigenvalue weighted by Crippen LogP contribution is -2.34. The average Bonchev–Trinajstić information content (AvgIpc) is 2.23. The SMILES string of the molecule is Cl.Nc1ccc(OC2CCNCC2)cc1. The maximum Gasteiger partial charge on any atom is 0.119 e. The summed E-state index contributed by atoms with van der Waals surface area (Å²) in [5, 5.41) is 3.31. The first-order valence-corrected chi connectivity index (χ1v) is 5.07. The van der Waals surface area contributed by atoms with Gasteiger partial charge in [-0.15, -0.1) is 12.4 Å². The Labute approximate surface area is 96.4 Å². The molecule has 1 saturated heterocycles. The summed E-state index contributed by atoms with van der Waals surface area (Å²) in [6.07, 6.45) is 2.54. The summed E-state index contributed by atoms with van der Waals surface area (Å²) in [6, 6.07) is 7.60. The Morgan fingerprint density at radius 2 is 1.73 bits per heavy atom. The molecular formula is C11H17ClN2O. The van der Waals surface area contributed by atoms with Gasteiger partial charge in [-0.25, -0.2) is 0 Å². The second-order valence-corrected chi connectivity index (χ2v) is 3.64. The summed E-state index contributed by atoms with van der Waals surface area (Å²) in [7, 11) is 0. The zero-order chi connectivity index (χ0) is 9.80. The van der Waals surface area contributed by atoms with E-state index in [1.54, 1.807) is 0 Å². The molecule has 0 aliphatic carbocycles. The predicted octanol–water partition coefficient (Wildman–Crippen LogP) is 1.82. The number of piperidine rings is 1. The van der Waals surface area contributed by atoms with E-state index in [9.17, 15) is 0 Å². The number of nitrogens with two attached hydrogens (primary N) is 1. The van der Waals surface area contributed by atoms with Gasteiger partial charge in [-0.1, -0.05) is 0 Å². The van der Waals surface area contributed by atoms with Crippen molar-refractivity contribution in [3.8, 4) is 5.75 Å². The summed E-state index contributed by atoms with van der Waals surface area (Å²) in [6.45, 7) is 2.11. The number of halogens is 1. The van der Waals surface area contributed by atoms with Crippen molar-refractivity contribution in [2.45, 2.75) is 18.9 Å². The van der Waals surface area contributed by atoms with Gasteiger partial charge in [0, 0.05) is 5.69 Å². The van der Waals surface area contributed by atoms with Crippen molar-refractivity contribution in [3.63, 3.8) is 0 Å². The smallest absolute Gasteiger partial charge is 0.119 e. The van der Waals surface area contributed by atoms with Crippen LogP contribution in [0.1, 0.15) is 12.8 Å². The highest BCUT2D eigenvalue weighted by atomic mass is 35.5. The van der Waals surface area contributed by atoms with E-state index < -0.39 is 0 Å². The van der Waals surface area contributed by atoms with Gasteiger partial charge in [-0.05, 0) is 50.2 Å². The van der Waals surface area contributed by atoms with Crippen molar-refractivity contribution in [1.29, 1.82) is 0 Å². The molecule has 1 aromatic rings. The Balaban J connectivity index is 0.00000112. The quantitative estimate of drug-likeness (QED) is 0.760. The third-order valence-corrected chi connectivity index (χ3v) is 2.47. The normalized spacial score (nSPS) is 16.8. The fraction of sp³-hybridized carbons (Fsp3) is 0.455. The molecule has 15 heavy (non-hydrogen) atoms. The van der Waals surface area contributed by atoms with Gasteiger partial charge >= 0.3 is 0 Å². The monoisotopic (exact) mass is 228 g/mol. The van der Waals surface area contributed by atoms with E-state index in [1.165, 1.54) is 0 Å². The number of nitrogen functional groups attached to an aromatic ring is 1. The highest BCUT2D eigenvalue weighted by Crippen LogP contribution is 2.17. The third-order valence-electron chi connectivity index (χ3n) is 2.47. The van der Waals surface area contributed by atoms with E-state index >= 15 is 0 Å². The number of hydrogen-bond donors (Lipinski definition) is 2.